The zero-order valence-corrected chi connectivity index (χ0v) is 14.7. The maximum Gasteiger partial charge on any atom is 0.220 e. The van der Waals surface area contributed by atoms with Crippen LogP contribution in [0.25, 0.3) is 0 Å². The van der Waals surface area contributed by atoms with E-state index in [0.717, 1.165) is 35.8 Å². The first-order chi connectivity index (χ1) is 11.7. The van der Waals surface area contributed by atoms with Crippen molar-refractivity contribution in [2.75, 3.05) is 6.61 Å². The van der Waals surface area contributed by atoms with Gasteiger partial charge in [-0.1, -0.05) is 17.7 Å². The predicted molar refractivity (Wildman–Crippen MR) is 94.9 cm³/mol. The second-order valence-corrected chi connectivity index (χ2v) is 8.29. The first kappa shape index (κ1) is 16.0. The summed E-state index contributed by atoms with van der Waals surface area (Å²) in [6, 6.07) is 8.54. The molecule has 0 unspecified atom stereocenters. The quantitative estimate of drug-likeness (QED) is 0.799. The number of carbonyl (C=O) groups excluding carboxylic acids is 1. The van der Waals surface area contributed by atoms with Crippen LogP contribution in [0.1, 0.15) is 50.5 Å². The van der Waals surface area contributed by atoms with Crippen LogP contribution in [0.5, 0.6) is 5.75 Å². The number of ether oxygens (including phenoxy) is 1. The highest BCUT2D eigenvalue weighted by atomic mass is 16.5. The molecule has 4 aliphatic carbocycles. The third-order valence-corrected chi connectivity index (χ3v) is 6.39. The molecule has 1 amide bonds. The van der Waals surface area contributed by atoms with Crippen LogP contribution in [0, 0.1) is 30.6 Å². The topological polar surface area (TPSA) is 38.3 Å². The molecular formula is C21H29NO2. The molecular weight excluding hydrogens is 298 g/mol. The van der Waals surface area contributed by atoms with Gasteiger partial charge in [0.05, 0.1) is 6.61 Å². The molecule has 0 heterocycles. The van der Waals surface area contributed by atoms with Crippen LogP contribution in [0.4, 0.5) is 0 Å². The summed E-state index contributed by atoms with van der Waals surface area (Å²) >= 11 is 0. The molecule has 1 aromatic rings. The Bertz CT molecular complexity index is 552. The van der Waals surface area contributed by atoms with Crippen molar-refractivity contribution < 1.29 is 9.53 Å². The molecule has 1 N–H and O–H groups in total. The van der Waals surface area contributed by atoms with E-state index in [9.17, 15) is 4.79 Å². The minimum Gasteiger partial charge on any atom is -0.494 e. The minimum absolute atomic E-state index is 0.222. The molecule has 4 saturated carbocycles. The normalized spacial score (nSPS) is 33.5. The lowest BCUT2D eigenvalue weighted by atomic mass is 9.54. The van der Waals surface area contributed by atoms with E-state index in [1.165, 1.54) is 37.7 Å². The first-order valence-corrected chi connectivity index (χ1v) is 9.66. The van der Waals surface area contributed by atoms with E-state index >= 15 is 0 Å². The molecule has 0 spiro atoms. The Morgan fingerprint density at radius 1 is 1.04 bits per heavy atom. The Balaban J connectivity index is 1.19. The Kier molecular flexibility index (Phi) is 4.51. The molecule has 130 valence electrons. The van der Waals surface area contributed by atoms with Gasteiger partial charge in [0.2, 0.25) is 5.91 Å². The number of aryl methyl sites for hydroxylation is 1. The van der Waals surface area contributed by atoms with E-state index in [4.69, 9.17) is 4.74 Å². The van der Waals surface area contributed by atoms with Crippen molar-refractivity contribution in [1.82, 2.24) is 5.32 Å². The summed E-state index contributed by atoms with van der Waals surface area (Å²) in [4.78, 5) is 12.3. The molecule has 5 rings (SSSR count). The predicted octanol–water partition coefficient (Wildman–Crippen LogP) is 4.09. The number of hydrogen-bond acceptors (Lipinski definition) is 2. The van der Waals surface area contributed by atoms with Crippen molar-refractivity contribution >= 4 is 5.91 Å². The fourth-order valence-electron chi connectivity index (χ4n) is 5.48. The molecule has 0 aromatic heterocycles. The summed E-state index contributed by atoms with van der Waals surface area (Å²) in [6.45, 7) is 2.68. The van der Waals surface area contributed by atoms with Gasteiger partial charge in [0.15, 0.2) is 0 Å². The molecule has 4 fully saturated rings. The van der Waals surface area contributed by atoms with Gasteiger partial charge in [0, 0.05) is 12.5 Å². The van der Waals surface area contributed by atoms with E-state index in [2.05, 4.69) is 24.4 Å². The summed E-state index contributed by atoms with van der Waals surface area (Å²) in [7, 11) is 0. The summed E-state index contributed by atoms with van der Waals surface area (Å²) in [5.41, 5.74) is 1.23. The lowest BCUT2D eigenvalue weighted by Crippen LogP contribution is -2.55. The summed E-state index contributed by atoms with van der Waals surface area (Å²) in [5, 5.41) is 3.37. The molecule has 3 heteroatoms. The molecule has 4 bridgehead atoms. The maximum atomic E-state index is 12.3. The molecule has 3 nitrogen and oxygen atoms in total. The van der Waals surface area contributed by atoms with Gasteiger partial charge in [-0.25, -0.2) is 0 Å². The first-order valence-electron chi connectivity index (χ1n) is 9.66. The summed E-state index contributed by atoms with van der Waals surface area (Å²) in [6.07, 6.45) is 8.25. The number of benzene rings is 1. The van der Waals surface area contributed by atoms with Crippen molar-refractivity contribution in [3.8, 4) is 5.75 Å². The zero-order chi connectivity index (χ0) is 16.5. The van der Waals surface area contributed by atoms with E-state index in [-0.39, 0.29) is 5.91 Å². The largest absolute Gasteiger partial charge is 0.494 e. The molecule has 24 heavy (non-hydrogen) atoms. The average Bonchev–Trinajstić information content (AvgIpc) is 2.56. The Morgan fingerprint density at radius 2 is 1.67 bits per heavy atom. The monoisotopic (exact) mass is 327 g/mol. The molecule has 0 aliphatic heterocycles. The van der Waals surface area contributed by atoms with Crippen LogP contribution >= 0.6 is 0 Å². The molecule has 4 aliphatic rings. The highest BCUT2D eigenvalue weighted by Gasteiger charge is 2.48. The third kappa shape index (κ3) is 3.45. The van der Waals surface area contributed by atoms with E-state index < -0.39 is 0 Å². The van der Waals surface area contributed by atoms with Crippen molar-refractivity contribution in [1.29, 1.82) is 0 Å². The van der Waals surface area contributed by atoms with E-state index in [0.29, 0.717) is 19.1 Å². The van der Waals surface area contributed by atoms with Crippen LogP contribution in [0.15, 0.2) is 24.3 Å². The fourth-order valence-corrected chi connectivity index (χ4v) is 5.48. The second-order valence-electron chi connectivity index (χ2n) is 8.29. The van der Waals surface area contributed by atoms with Crippen LogP contribution in [0.3, 0.4) is 0 Å². The van der Waals surface area contributed by atoms with Gasteiger partial charge in [0.1, 0.15) is 5.75 Å². The minimum atomic E-state index is 0.222. The van der Waals surface area contributed by atoms with Gasteiger partial charge < -0.3 is 10.1 Å². The fraction of sp³-hybridized carbons (Fsp3) is 0.667. The van der Waals surface area contributed by atoms with E-state index in [1.54, 1.807) is 0 Å². The van der Waals surface area contributed by atoms with Crippen LogP contribution in [0.2, 0.25) is 0 Å². The van der Waals surface area contributed by atoms with Crippen molar-refractivity contribution in [2.24, 2.45) is 23.7 Å². The number of rotatable bonds is 6. The summed E-state index contributed by atoms with van der Waals surface area (Å²) < 4.78 is 5.72. The SMILES string of the molecule is Cc1ccc(OCCCC(=O)NC2C3CC4CC(C3)CC2C4)cc1. The Hall–Kier alpha value is -1.51. The van der Waals surface area contributed by atoms with Crippen LogP contribution < -0.4 is 10.1 Å². The van der Waals surface area contributed by atoms with E-state index in [1.807, 2.05) is 12.1 Å². The van der Waals surface area contributed by atoms with Gasteiger partial charge in [-0.05, 0) is 81.3 Å². The van der Waals surface area contributed by atoms with Crippen molar-refractivity contribution in [3.05, 3.63) is 29.8 Å². The van der Waals surface area contributed by atoms with Gasteiger partial charge in [-0.3, -0.25) is 4.79 Å². The highest BCUT2D eigenvalue weighted by molar-refractivity contribution is 5.76. The number of carbonyl (C=O) groups is 1. The van der Waals surface area contributed by atoms with Gasteiger partial charge in [0.25, 0.3) is 0 Å². The Morgan fingerprint density at radius 3 is 2.29 bits per heavy atom. The summed E-state index contributed by atoms with van der Waals surface area (Å²) in [5.74, 6) is 4.55. The lowest BCUT2D eigenvalue weighted by molar-refractivity contribution is -0.125. The molecule has 0 radical (unpaired) electrons. The highest BCUT2D eigenvalue weighted by Crippen LogP contribution is 2.53. The maximum absolute atomic E-state index is 12.3. The number of nitrogens with one attached hydrogen (secondary N) is 1. The third-order valence-electron chi connectivity index (χ3n) is 6.39. The van der Waals surface area contributed by atoms with Gasteiger partial charge >= 0.3 is 0 Å². The Labute approximate surface area is 145 Å². The lowest BCUT2D eigenvalue weighted by Gasteiger charge is -2.54. The smallest absolute Gasteiger partial charge is 0.220 e. The second kappa shape index (κ2) is 6.78. The standard InChI is InChI=1S/C21H29NO2/c1-14-4-6-19(7-5-14)24-8-2-3-20(23)22-21-17-10-15-9-16(12-17)13-18(21)11-15/h4-7,15-18,21H,2-3,8-13H2,1H3,(H,22,23). The number of hydrogen-bond donors (Lipinski definition) is 1. The van der Waals surface area contributed by atoms with Gasteiger partial charge in [-0.15, -0.1) is 0 Å². The van der Waals surface area contributed by atoms with Gasteiger partial charge in [-0.2, -0.15) is 0 Å². The van der Waals surface area contributed by atoms with Crippen LogP contribution in [-0.4, -0.2) is 18.6 Å². The number of amides is 1. The zero-order valence-electron chi connectivity index (χ0n) is 14.7. The van der Waals surface area contributed by atoms with Crippen LogP contribution in [-0.2, 0) is 4.79 Å². The average molecular weight is 327 g/mol. The molecule has 1 aromatic carbocycles. The molecule has 0 atom stereocenters. The van der Waals surface area contributed by atoms with Crippen molar-refractivity contribution in [2.45, 2.75) is 57.9 Å². The van der Waals surface area contributed by atoms with Crippen molar-refractivity contribution in [3.63, 3.8) is 0 Å². The molecule has 0 saturated heterocycles.